The van der Waals surface area contributed by atoms with E-state index in [4.69, 9.17) is 34.2 Å². The van der Waals surface area contributed by atoms with Crippen molar-refractivity contribution in [1.82, 2.24) is 49.0 Å². The number of rotatable bonds is 23. The van der Waals surface area contributed by atoms with Crippen LogP contribution in [0.3, 0.4) is 0 Å². The van der Waals surface area contributed by atoms with Crippen LogP contribution in [0.5, 0.6) is 34.5 Å². The van der Waals surface area contributed by atoms with Crippen LogP contribution in [0.2, 0.25) is 0 Å². The summed E-state index contributed by atoms with van der Waals surface area (Å²) in [6, 6.07) is 37.3. The van der Waals surface area contributed by atoms with Gasteiger partial charge in [0.05, 0.1) is 56.6 Å². The lowest BCUT2D eigenvalue weighted by Gasteiger charge is -2.32. The van der Waals surface area contributed by atoms with Crippen LogP contribution in [0.1, 0.15) is 124 Å². The van der Waals surface area contributed by atoms with Crippen molar-refractivity contribution in [1.29, 1.82) is 0 Å². The number of Topliss-reactive ketones (excluding diaryl/α,β-unsaturated/α-hetero) is 3. The molecule has 0 unspecified atom stereocenters. The summed E-state index contributed by atoms with van der Waals surface area (Å²) in [7, 11) is 4.20. The number of ketones is 3. The molecule has 0 saturated heterocycles. The second-order valence-corrected chi connectivity index (χ2v) is 31.6. The maximum atomic E-state index is 14.8. The summed E-state index contributed by atoms with van der Waals surface area (Å²) in [6.07, 6.45) is -6.61. The molecule has 0 aliphatic carbocycles. The molecule has 0 radical (unpaired) electrons. The smallest absolute Gasteiger partial charge is 0.422 e. The lowest BCUT2D eigenvalue weighted by molar-refractivity contribution is -0.270. The first-order valence-electron chi connectivity index (χ1n) is 39.6. The van der Waals surface area contributed by atoms with E-state index >= 15 is 0 Å². The normalized spacial score (nSPS) is 17.8. The molecule has 35 heteroatoms. The summed E-state index contributed by atoms with van der Waals surface area (Å²) in [5.74, 6) is -2.12. The molecule has 660 valence electrons. The van der Waals surface area contributed by atoms with Crippen molar-refractivity contribution in [2.24, 2.45) is 5.73 Å². The predicted octanol–water partition coefficient (Wildman–Crippen LogP) is 17.8. The highest BCUT2D eigenvalue weighted by Gasteiger charge is 2.60. The van der Waals surface area contributed by atoms with Gasteiger partial charge in [0, 0.05) is 129 Å². The van der Waals surface area contributed by atoms with Gasteiger partial charge in [-0.1, -0.05) is 18.2 Å². The van der Waals surface area contributed by atoms with Gasteiger partial charge < -0.3 is 58.6 Å². The number of pyridine rings is 6. The summed E-state index contributed by atoms with van der Waals surface area (Å²) < 4.78 is 211. The fraction of sp³-hybridized carbons (Fsp3) is 0.258. The standard InChI is InChI=1S/2C32H26F4N4O4.C29H25F4N3O4/c2*1-30(40-13-12-37-18-40)17-44-29-23(30)16-26(39-28(29)19-5-7-22(33)8-6-19)31(42,32(34,35)36)10-9-24(41)21-14-20-4-3-11-38-27(20)25(15-21)43-2;1-27(34)15-40-26-20(27)14-23(36-25(26)16-5-7-19(30)8-6-16)28(38,29(31,32)33)10-9-21(37)18-12-17-4-3-11-35-24(17)22(13-18)39-2/h2*3-8,11-16,18,42H,9-10,17H2,1-2H3;3-8,11-14,38H,9-10,15,34H2,1-2H3/t2*30-,31-;27-,28-/m000/s1. The van der Waals surface area contributed by atoms with Crippen LogP contribution in [0, 0.1) is 17.5 Å². The monoisotopic (exact) mass is 1770 g/mol. The molecule has 128 heavy (non-hydrogen) atoms. The number of hydrogen-bond donors (Lipinski definition) is 4. The number of hydrogen-bond acceptors (Lipinski definition) is 21. The molecule has 3 aliphatic rings. The van der Waals surface area contributed by atoms with E-state index in [1.165, 1.54) is 119 Å². The Morgan fingerprint density at radius 1 is 0.414 bits per heavy atom. The van der Waals surface area contributed by atoms with Crippen molar-refractivity contribution in [2.75, 3.05) is 41.2 Å². The number of ether oxygens (including phenoxy) is 6. The molecule has 23 nitrogen and oxygen atoms in total. The van der Waals surface area contributed by atoms with Crippen molar-refractivity contribution in [3.05, 3.63) is 288 Å². The molecule has 5 N–H and O–H groups in total. The highest BCUT2D eigenvalue weighted by molar-refractivity contribution is 6.03. The first-order valence-corrected chi connectivity index (χ1v) is 39.6. The summed E-state index contributed by atoms with van der Waals surface area (Å²) in [5, 5.41) is 35.8. The van der Waals surface area contributed by atoms with Crippen LogP contribution < -0.4 is 34.2 Å². The SMILES string of the molecule is COc1cc(C(=O)CC[C@](O)(c2cc3c(c(-c4ccc(F)cc4)n2)OC[C@]3(C)N)C(F)(F)F)cc2cccnc12.COc1cc(C(=O)CC[C@](O)(c2cc3c(c(-c4ccc(F)cc4)n2)OC[C@]3(C)n2ccnc2)C(F)(F)F)cc2cccnc12.COc1cc(C(=O)CC[C@](O)(c2cc3c(c(-c4ccc(F)cc4)n2)OC[C@]3(C)n2ccnc2)C(F)(F)F)cc2cccnc12. The van der Waals surface area contributed by atoms with Gasteiger partial charge in [-0.05, 0) is 186 Å². The van der Waals surface area contributed by atoms with E-state index in [1.807, 2.05) is 0 Å². The number of alkyl halides is 9. The van der Waals surface area contributed by atoms with Crippen LogP contribution in [-0.4, -0.2) is 141 Å². The number of carbonyl (C=O) groups excluding carboxylic acids is 3. The molecule has 17 rings (SSSR count). The Morgan fingerprint density at radius 2 is 0.703 bits per heavy atom. The van der Waals surface area contributed by atoms with E-state index in [-0.39, 0.29) is 93.1 Å². The number of methoxy groups -OCH3 is 3. The van der Waals surface area contributed by atoms with Crippen molar-refractivity contribution in [3.8, 4) is 68.3 Å². The Hall–Kier alpha value is -13.8. The Morgan fingerprint density at radius 3 is 0.984 bits per heavy atom. The number of nitrogens with two attached hydrogens (primary N) is 1. The highest BCUT2D eigenvalue weighted by Crippen LogP contribution is 2.54. The number of carbonyl (C=O) groups is 3. The summed E-state index contributed by atoms with van der Waals surface area (Å²) >= 11 is 0. The third-order valence-corrected chi connectivity index (χ3v) is 23.2. The predicted molar refractivity (Wildman–Crippen MR) is 442 cm³/mol. The number of nitrogens with zero attached hydrogens (tertiary/aromatic N) is 10. The van der Waals surface area contributed by atoms with Crippen LogP contribution in [0.25, 0.3) is 66.5 Å². The molecule has 8 aromatic heterocycles. The first kappa shape index (κ1) is 89.1. The topological polar surface area (TPSA) is 306 Å². The molecule has 14 aromatic rings. The first-order chi connectivity index (χ1) is 60.7. The van der Waals surface area contributed by atoms with Gasteiger partial charge in [0.2, 0.25) is 16.8 Å². The number of fused-ring (bicyclic) bond motifs is 6. The summed E-state index contributed by atoms with van der Waals surface area (Å²) in [5.41, 5.74) is -6.10. The summed E-state index contributed by atoms with van der Waals surface area (Å²) in [6.45, 7) is 5.14. The molecule has 6 aromatic carbocycles. The second kappa shape index (κ2) is 34.2. The van der Waals surface area contributed by atoms with Gasteiger partial charge in [0.15, 0.2) is 34.6 Å². The fourth-order valence-electron chi connectivity index (χ4n) is 15.7. The molecular formula is C93H77F12N11O12. The van der Waals surface area contributed by atoms with E-state index in [0.29, 0.717) is 61.1 Å². The van der Waals surface area contributed by atoms with Gasteiger partial charge in [-0.2, -0.15) is 39.5 Å². The van der Waals surface area contributed by atoms with E-state index in [9.17, 15) is 82.4 Å². The Kier molecular flexibility index (Phi) is 23.8. The van der Waals surface area contributed by atoms with Crippen molar-refractivity contribution in [2.45, 2.75) is 111 Å². The molecule has 11 heterocycles. The van der Waals surface area contributed by atoms with Crippen molar-refractivity contribution >= 4 is 50.1 Å². The van der Waals surface area contributed by atoms with Crippen molar-refractivity contribution in [3.63, 3.8) is 0 Å². The molecule has 3 aliphatic heterocycles. The van der Waals surface area contributed by atoms with Crippen LogP contribution in [0.15, 0.2) is 220 Å². The number of halogens is 12. The Balaban J connectivity index is 0.000000148. The zero-order valence-corrected chi connectivity index (χ0v) is 68.7. The molecule has 0 bridgehead atoms. The second-order valence-electron chi connectivity index (χ2n) is 31.6. The van der Waals surface area contributed by atoms with E-state index < -0.39 is 142 Å². The minimum absolute atomic E-state index is 0.00195. The average Bonchev–Trinajstić information content (AvgIpc) is 1.55. The van der Waals surface area contributed by atoms with Gasteiger partial charge in [0.25, 0.3) is 0 Å². The fourth-order valence-corrected chi connectivity index (χ4v) is 15.7. The van der Waals surface area contributed by atoms with Gasteiger partial charge in [-0.3, -0.25) is 29.3 Å². The molecule has 0 amide bonds. The van der Waals surface area contributed by atoms with Crippen molar-refractivity contribution < 1.29 is 111 Å². The van der Waals surface area contributed by atoms with E-state index in [0.717, 1.165) is 54.6 Å². The number of aliphatic hydroxyl groups is 3. The van der Waals surface area contributed by atoms with E-state index in [2.05, 4.69) is 39.9 Å². The highest BCUT2D eigenvalue weighted by atomic mass is 19.4. The van der Waals surface area contributed by atoms with Gasteiger partial charge >= 0.3 is 18.5 Å². The van der Waals surface area contributed by atoms with E-state index in [1.54, 1.807) is 97.3 Å². The maximum absolute atomic E-state index is 14.8. The third kappa shape index (κ3) is 16.7. The van der Waals surface area contributed by atoms with Crippen LogP contribution in [0.4, 0.5) is 52.7 Å². The number of aromatic nitrogens is 10. The quantitative estimate of drug-likeness (QED) is 0.0341. The minimum atomic E-state index is -5.22. The van der Waals surface area contributed by atoms with Gasteiger partial charge in [-0.25, -0.2) is 38.1 Å². The maximum Gasteiger partial charge on any atom is 0.422 e. The number of imidazole rings is 2. The lowest BCUT2D eigenvalue weighted by atomic mass is 9.85. The number of benzene rings is 6. The van der Waals surface area contributed by atoms with Crippen LogP contribution in [-0.2, 0) is 33.4 Å². The zero-order chi connectivity index (χ0) is 91.4. The molecular weight excluding hydrogens is 1690 g/mol. The molecule has 6 atom stereocenters. The summed E-state index contributed by atoms with van der Waals surface area (Å²) in [4.78, 5) is 73.2. The largest absolute Gasteiger partial charge is 0.494 e. The van der Waals surface area contributed by atoms with Gasteiger partial charge in [0.1, 0.15) is 99.2 Å². The zero-order valence-electron chi connectivity index (χ0n) is 68.7. The van der Waals surface area contributed by atoms with Gasteiger partial charge in [-0.15, -0.1) is 0 Å². The Bertz CT molecular complexity index is 6300. The molecule has 0 spiro atoms. The average molecular weight is 1770 g/mol. The Labute approximate surface area is 720 Å². The molecule has 0 saturated carbocycles. The minimum Gasteiger partial charge on any atom is -0.494 e. The lowest BCUT2D eigenvalue weighted by Crippen LogP contribution is -2.44. The molecule has 0 fully saturated rings. The van der Waals surface area contributed by atoms with Crippen LogP contribution >= 0.6 is 0 Å². The third-order valence-electron chi connectivity index (χ3n) is 23.2.